The normalized spacial score (nSPS) is 38.4. The van der Waals surface area contributed by atoms with E-state index in [0.29, 0.717) is 30.9 Å². The standard InChI is InChI=1S/C36H45ClN2O4S/c1-23-16-25-6-4-15-36(41,19-25)31-11-8-28(31)20-39-21-35(14-5-7-26-17-29(37)10-12-30(26)35)22-43-33-13-9-27(18-32(33)39)34(40)38-44(3,42)24(23)2/h4,6,9-10,12-13,17-18,23-25,28,31,41H,3,5,7-8,11,14-16,19-22H2,1-2H3,(H,38,40,42)/t23-,24+,25+,28-,31+,35-,36+,44?/m0/s1. The molecule has 8 atom stereocenters. The molecule has 2 aliphatic heterocycles. The molecule has 5 aliphatic rings. The molecule has 1 saturated carbocycles. The second-order valence-electron chi connectivity index (χ2n) is 14.5. The molecule has 236 valence electrons. The number of halogens is 1. The number of anilines is 1. The Morgan fingerprint density at radius 1 is 1.18 bits per heavy atom. The number of ether oxygens (including phenoxy) is 1. The molecule has 0 saturated heterocycles. The average Bonchev–Trinajstić information content (AvgIpc) is 3.10. The van der Waals surface area contributed by atoms with Crippen molar-refractivity contribution in [2.45, 2.75) is 81.5 Å². The summed E-state index contributed by atoms with van der Waals surface area (Å²) in [7, 11) is -2.93. The molecule has 6 nitrogen and oxygen atoms in total. The second kappa shape index (κ2) is 11.1. The smallest absolute Gasteiger partial charge is 0.262 e. The van der Waals surface area contributed by atoms with Gasteiger partial charge in [0.2, 0.25) is 0 Å². The van der Waals surface area contributed by atoms with Gasteiger partial charge in [0.15, 0.2) is 0 Å². The molecule has 2 aromatic rings. The molecular weight excluding hydrogens is 592 g/mol. The van der Waals surface area contributed by atoms with Crippen LogP contribution in [0.5, 0.6) is 5.75 Å². The summed E-state index contributed by atoms with van der Waals surface area (Å²) in [6.07, 6.45) is 11.7. The van der Waals surface area contributed by atoms with Crippen molar-refractivity contribution in [2.24, 2.45) is 23.7 Å². The van der Waals surface area contributed by atoms with Gasteiger partial charge in [0.05, 0.1) is 27.6 Å². The number of hydrogen-bond acceptors (Lipinski definition) is 5. The van der Waals surface area contributed by atoms with Crippen molar-refractivity contribution in [1.82, 2.24) is 4.72 Å². The minimum atomic E-state index is -2.93. The van der Waals surface area contributed by atoms with Gasteiger partial charge in [-0.1, -0.05) is 36.7 Å². The first-order valence-corrected chi connectivity index (χ1v) is 18.5. The molecular formula is C36H45ClN2O4S. The summed E-state index contributed by atoms with van der Waals surface area (Å²) in [6.45, 7) is 6.09. The molecule has 1 unspecified atom stereocenters. The first-order valence-electron chi connectivity index (χ1n) is 16.3. The fraction of sp³-hybridized carbons (Fsp3) is 0.556. The van der Waals surface area contributed by atoms with Gasteiger partial charge in [-0.25, -0.2) is 4.21 Å². The third kappa shape index (κ3) is 5.27. The predicted octanol–water partition coefficient (Wildman–Crippen LogP) is 6.33. The van der Waals surface area contributed by atoms with Crippen LogP contribution in [0.1, 0.15) is 80.3 Å². The lowest BCUT2D eigenvalue weighted by Crippen LogP contribution is -2.54. The third-order valence-electron chi connectivity index (χ3n) is 11.7. The minimum Gasteiger partial charge on any atom is -0.490 e. The summed E-state index contributed by atoms with van der Waals surface area (Å²) in [5, 5.41) is 12.6. The van der Waals surface area contributed by atoms with E-state index in [4.69, 9.17) is 16.3 Å². The topological polar surface area (TPSA) is 78.9 Å². The maximum atomic E-state index is 13.8. The van der Waals surface area contributed by atoms with E-state index in [0.717, 1.165) is 68.1 Å². The maximum absolute atomic E-state index is 13.8. The first-order chi connectivity index (χ1) is 21.0. The highest BCUT2D eigenvalue weighted by Crippen LogP contribution is 2.51. The van der Waals surface area contributed by atoms with Gasteiger partial charge in [0.1, 0.15) is 5.75 Å². The molecule has 44 heavy (non-hydrogen) atoms. The van der Waals surface area contributed by atoms with Crippen molar-refractivity contribution in [3.63, 3.8) is 0 Å². The number of carbonyl (C=O) groups excluding carboxylic acids is 1. The first kappa shape index (κ1) is 30.2. The van der Waals surface area contributed by atoms with E-state index in [1.165, 1.54) is 11.1 Å². The lowest BCUT2D eigenvalue weighted by atomic mass is 9.59. The number of amides is 1. The van der Waals surface area contributed by atoms with Crippen LogP contribution < -0.4 is 14.4 Å². The molecule has 1 spiro atoms. The summed E-state index contributed by atoms with van der Waals surface area (Å²) in [6, 6.07) is 11.9. The summed E-state index contributed by atoms with van der Waals surface area (Å²) < 4.78 is 23.3. The van der Waals surface area contributed by atoms with E-state index in [1.807, 2.05) is 25.1 Å². The van der Waals surface area contributed by atoms with E-state index in [1.54, 1.807) is 6.07 Å². The zero-order valence-corrected chi connectivity index (χ0v) is 27.5. The Labute approximate surface area is 267 Å². The van der Waals surface area contributed by atoms with Gasteiger partial charge in [-0.2, -0.15) is 0 Å². The van der Waals surface area contributed by atoms with Crippen molar-refractivity contribution in [3.8, 4) is 5.75 Å². The van der Waals surface area contributed by atoms with Gasteiger partial charge in [0, 0.05) is 34.3 Å². The largest absolute Gasteiger partial charge is 0.490 e. The number of fused-ring (bicyclic) bond motifs is 7. The van der Waals surface area contributed by atoms with E-state index in [-0.39, 0.29) is 34.3 Å². The number of carbonyl (C=O) groups is 1. The Morgan fingerprint density at radius 2 is 2.02 bits per heavy atom. The average molecular weight is 637 g/mol. The molecule has 2 N–H and O–H groups in total. The molecule has 0 aromatic heterocycles. The number of benzene rings is 2. The van der Waals surface area contributed by atoms with Crippen molar-refractivity contribution >= 4 is 38.8 Å². The quantitative estimate of drug-likeness (QED) is 0.261. The minimum absolute atomic E-state index is 0.0581. The van der Waals surface area contributed by atoms with Crippen LogP contribution >= 0.6 is 11.6 Å². The van der Waals surface area contributed by atoms with Gasteiger partial charge in [-0.15, -0.1) is 0 Å². The Hall–Kier alpha value is -2.48. The fourth-order valence-corrected chi connectivity index (χ4v) is 10.6. The molecule has 3 aliphatic carbocycles. The number of rotatable bonds is 0. The van der Waals surface area contributed by atoms with Crippen LogP contribution in [0, 0.1) is 23.7 Å². The molecule has 2 aromatic carbocycles. The molecule has 2 heterocycles. The highest BCUT2D eigenvalue weighted by molar-refractivity contribution is 7.99. The lowest BCUT2D eigenvalue weighted by molar-refractivity contribution is -0.0952. The highest BCUT2D eigenvalue weighted by Gasteiger charge is 2.50. The Balaban J connectivity index is 1.32. The molecule has 1 amide bonds. The monoisotopic (exact) mass is 636 g/mol. The number of allylic oxidation sites excluding steroid dienone is 1. The fourth-order valence-electron chi connectivity index (χ4n) is 8.92. The molecule has 4 bridgehead atoms. The van der Waals surface area contributed by atoms with Crippen LogP contribution in [0.4, 0.5) is 5.69 Å². The number of nitrogens with one attached hydrogen (secondary N) is 1. The predicted molar refractivity (Wildman–Crippen MR) is 179 cm³/mol. The van der Waals surface area contributed by atoms with Crippen molar-refractivity contribution in [3.05, 3.63) is 70.3 Å². The zero-order chi connectivity index (χ0) is 30.9. The van der Waals surface area contributed by atoms with Crippen LogP contribution in [-0.2, 0) is 21.5 Å². The van der Waals surface area contributed by atoms with Crippen LogP contribution in [0.15, 0.2) is 48.6 Å². The highest BCUT2D eigenvalue weighted by atomic mass is 35.5. The molecule has 7 rings (SSSR count). The zero-order valence-electron chi connectivity index (χ0n) is 25.9. The van der Waals surface area contributed by atoms with Crippen molar-refractivity contribution in [1.29, 1.82) is 0 Å². The van der Waals surface area contributed by atoms with Crippen LogP contribution in [0.2, 0.25) is 5.02 Å². The summed E-state index contributed by atoms with van der Waals surface area (Å²) in [5.41, 5.74) is 2.96. The van der Waals surface area contributed by atoms with E-state index in [9.17, 15) is 14.1 Å². The van der Waals surface area contributed by atoms with Crippen LogP contribution in [0.3, 0.4) is 0 Å². The third-order valence-corrected chi connectivity index (χ3v) is 14.1. The van der Waals surface area contributed by atoms with Crippen LogP contribution in [0.25, 0.3) is 0 Å². The molecule has 1 fully saturated rings. The Morgan fingerprint density at radius 3 is 2.82 bits per heavy atom. The summed E-state index contributed by atoms with van der Waals surface area (Å²) >= 11 is 6.44. The SMILES string of the molecule is C=S1(=O)NC(=O)c2ccc3c(c2)N(C[C@@H]2CC[C@H]2[C@@]2(O)CC=C[C@H](C[C@H](C)[C@H]1C)C2)C[C@@]1(CCCc2cc(Cl)ccc21)CO3. The van der Waals surface area contributed by atoms with E-state index < -0.39 is 15.3 Å². The summed E-state index contributed by atoms with van der Waals surface area (Å²) in [4.78, 5) is 16.1. The number of hydrogen-bond donors (Lipinski definition) is 2. The number of aryl methyl sites for hydroxylation is 1. The summed E-state index contributed by atoms with van der Waals surface area (Å²) in [5.74, 6) is 5.21. The second-order valence-corrected chi connectivity index (χ2v) is 17.3. The van der Waals surface area contributed by atoms with Gasteiger partial charge in [0.25, 0.3) is 5.91 Å². The van der Waals surface area contributed by atoms with E-state index >= 15 is 0 Å². The van der Waals surface area contributed by atoms with Gasteiger partial charge < -0.3 is 14.7 Å². The Kier molecular flexibility index (Phi) is 7.61. The number of aliphatic hydroxyl groups is 1. The van der Waals surface area contributed by atoms with Gasteiger partial charge >= 0.3 is 0 Å². The van der Waals surface area contributed by atoms with E-state index in [2.05, 4.69) is 46.7 Å². The van der Waals surface area contributed by atoms with Crippen molar-refractivity contribution < 1.29 is 18.8 Å². The number of nitrogens with zero attached hydrogens (tertiary/aromatic N) is 1. The lowest BCUT2D eigenvalue weighted by Gasteiger charge is -2.51. The molecule has 8 heteroatoms. The van der Waals surface area contributed by atoms with Crippen LogP contribution in [-0.4, -0.2) is 51.6 Å². The maximum Gasteiger partial charge on any atom is 0.262 e. The van der Waals surface area contributed by atoms with Gasteiger partial charge in [-0.05, 0) is 129 Å². The Bertz CT molecular complexity index is 1610. The van der Waals surface area contributed by atoms with Crippen molar-refractivity contribution in [2.75, 3.05) is 24.6 Å². The molecule has 0 radical (unpaired) electrons. The van der Waals surface area contributed by atoms with Gasteiger partial charge in [-0.3, -0.25) is 9.52 Å².